The summed E-state index contributed by atoms with van der Waals surface area (Å²) < 4.78 is 10.9. The predicted octanol–water partition coefficient (Wildman–Crippen LogP) is 2.24. The number of hydrogen-bond donors (Lipinski definition) is 2. The summed E-state index contributed by atoms with van der Waals surface area (Å²) in [6.45, 7) is 6.04. The van der Waals surface area contributed by atoms with Crippen LogP contribution in [0.15, 0.2) is 0 Å². The average molecular weight is 302 g/mol. The number of nitrogens with two attached hydrogens (primary N) is 1. The van der Waals surface area contributed by atoms with Crippen molar-refractivity contribution in [3.63, 3.8) is 0 Å². The Labute approximate surface area is 129 Å². The van der Waals surface area contributed by atoms with Gasteiger partial charge in [-0.15, -0.1) is 0 Å². The average Bonchev–Trinajstić information content (AvgIpc) is 2.48. The molecule has 0 spiro atoms. The van der Waals surface area contributed by atoms with E-state index in [2.05, 4.69) is 12.2 Å². The summed E-state index contributed by atoms with van der Waals surface area (Å²) in [6.07, 6.45) is 8.61. The first kappa shape index (κ1) is 20.3. The highest BCUT2D eigenvalue weighted by molar-refractivity contribution is 5.75. The normalized spacial score (nSPS) is 10.8. The van der Waals surface area contributed by atoms with Gasteiger partial charge in [0.25, 0.3) is 0 Å². The Kier molecular flexibility index (Phi) is 16.9. The van der Waals surface area contributed by atoms with Crippen LogP contribution in [0, 0.1) is 0 Å². The molecule has 126 valence electrons. The van der Waals surface area contributed by atoms with E-state index in [4.69, 9.17) is 15.2 Å². The first-order chi connectivity index (χ1) is 10.3. The Morgan fingerprint density at radius 1 is 0.905 bits per heavy atom. The van der Waals surface area contributed by atoms with Gasteiger partial charge in [-0.2, -0.15) is 0 Å². The molecule has 3 N–H and O–H groups in total. The molecule has 5 heteroatoms. The first-order valence-electron chi connectivity index (χ1n) is 8.43. The largest absolute Gasteiger partial charge is 0.379 e. The molecule has 0 bridgehead atoms. The van der Waals surface area contributed by atoms with E-state index in [0.29, 0.717) is 39.3 Å². The van der Waals surface area contributed by atoms with E-state index in [-0.39, 0.29) is 5.91 Å². The van der Waals surface area contributed by atoms with Crippen LogP contribution < -0.4 is 11.1 Å². The zero-order valence-corrected chi connectivity index (χ0v) is 13.7. The summed E-state index contributed by atoms with van der Waals surface area (Å²) in [7, 11) is 0. The summed E-state index contributed by atoms with van der Waals surface area (Å²) in [6, 6.07) is 0. The van der Waals surface area contributed by atoms with Crippen LogP contribution in [-0.4, -0.2) is 45.4 Å². The molecule has 0 saturated carbocycles. The van der Waals surface area contributed by atoms with Crippen LogP contribution in [-0.2, 0) is 14.3 Å². The molecule has 0 aliphatic heterocycles. The minimum Gasteiger partial charge on any atom is -0.379 e. The molecule has 0 rings (SSSR count). The molecule has 0 fully saturated rings. The highest BCUT2D eigenvalue weighted by atomic mass is 16.5. The topological polar surface area (TPSA) is 73.6 Å². The van der Waals surface area contributed by atoms with Gasteiger partial charge < -0.3 is 20.5 Å². The lowest BCUT2D eigenvalue weighted by Gasteiger charge is -2.07. The minimum absolute atomic E-state index is 0.0791. The van der Waals surface area contributed by atoms with Crippen molar-refractivity contribution in [3.05, 3.63) is 0 Å². The fourth-order valence-corrected chi connectivity index (χ4v) is 1.91. The number of carbonyl (C=O) groups excluding carboxylic acids is 1. The smallest absolute Gasteiger partial charge is 0.220 e. The van der Waals surface area contributed by atoms with Gasteiger partial charge in [-0.1, -0.05) is 32.6 Å². The van der Waals surface area contributed by atoms with Gasteiger partial charge in [-0.05, 0) is 25.8 Å². The molecule has 5 nitrogen and oxygen atoms in total. The molecule has 0 saturated heterocycles. The van der Waals surface area contributed by atoms with Crippen molar-refractivity contribution in [1.29, 1.82) is 0 Å². The highest BCUT2D eigenvalue weighted by Crippen LogP contribution is 2.02. The SMILES string of the molecule is CCCCCCCOCCOCCNC(=O)CCCCN. The molecule has 0 aromatic rings. The molecule has 0 atom stereocenters. The third-order valence-corrected chi connectivity index (χ3v) is 3.19. The van der Waals surface area contributed by atoms with Gasteiger partial charge in [0.05, 0.1) is 19.8 Å². The number of rotatable bonds is 16. The predicted molar refractivity (Wildman–Crippen MR) is 86.3 cm³/mol. The molecule has 21 heavy (non-hydrogen) atoms. The second-order valence-electron chi connectivity index (χ2n) is 5.23. The zero-order valence-electron chi connectivity index (χ0n) is 13.7. The molecule has 0 aliphatic rings. The number of unbranched alkanes of at least 4 members (excludes halogenated alkanes) is 5. The molecule has 1 amide bonds. The Morgan fingerprint density at radius 3 is 2.33 bits per heavy atom. The summed E-state index contributed by atoms with van der Waals surface area (Å²) >= 11 is 0. The third kappa shape index (κ3) is 17.3. The summed E-state index contributed by atoms with van der Waals surface area (Å²) in [5.74, 6) is 0.0791. The standard InChI is InChI=1S/C16H34N2O3/c1-2-3-4-5-8-12-20-14-15-21-13-11-18-16(19)9-6-7-10-17/h2-15,17H2,1H3,(H,18,19). The van der Waals surface area contributed by atoms with Crippen LogP contribution >= 0.6 is 0 Å². The molecule has 0 aliphatic carbocycles. The minimum atomic E-state index is 0.0791. The van der Waals surface area contributed by atoms with Crippen molar-refractivity contribution < 1.29 is 14.3 Å². The fraction of sp³-hybridized carbons (Fsp3) is 0.938. The molecule has 0 radical (unpaired) electrons. The van der Waals surface area contributed by atoms with E-state index < -0.39 is 0 Å². The molecule has 0 aromatic heterocycles. The number of carbonyl (C=O) groups is 1. The quantitative estimate of drug-likeness (QED) is 0.429. The Bertz CT molecular complexity index is 226. The number of hydrogen-bond acceptors (Lipinski definition) is 4. The van der Waals surface area contributed by atoms with Crippen LogP contribution in [0.1, 0.15) is 58.3 Å². The van der Waals surface area contributed by atoms with E-state index in [1.807, 2.05) is 0 Å². The fourth-order valence-electron chi connectivity index (χ4n) is 1.91. The Balaban J connectivity index is 3.06. The number of amides is 1. The summed E-state index contributed by atoms with van der Waals surface area (Å²) in [5, 5.41) is 2.83. The number of nitrogens with one attached hydrogen (secondary N) is 1. The number of ether oxygens (including phenoxy) is 2. The van der Waals surface area contributed by atoms with Crippen LogP contribution in [0.5, 0.6) is 0 Å². The van der Waals surface area contributed by atoms with Crippen molar-refractivity contribution in [3.8, 4) is 0 Å². The van der Waals surface area contributed by atoms with E-state index >= 15 is 0 Å². The van der Waals surface area contributed by atoms with Crippen molar-refractivity contribution in [2.24, 2.45) is 5.73 Å². The third-order valence-electron chi connectivity index (χ3n) is 3.19. The molecular weight excluding hydrogens is 268 g/mol. The van der Waals surface area contributed by atoms with Crippen LogP contribution in [0.25, 0.3) is 0 Å². The second-order valence-corrected chi connectivity index (χ2v) is 5.23. The molecular formula is C16H34N2O3. The zero-order chi connectivity index (χ0) is 15.6. The van der Waals surface area contributed by atoms with Crippen LogP contribution in [0.4, 0.5) is 0 Å². The molecule has 0 heterocycles. The summed E-state index contributed by atoms with van der Waals surface area (Å²) in [5.41, 5.74) is 5.37. The van der Waals surface area contributed by atoms with Gasteiger partial charge in [0.2, 0.25) is 5.91 Å². The van der Waals surface area contributed by atoms with Crippen LogP contribution in [0.2, 0.25) is 0 Å². The van der Waals surface area contributed by atoms with Crippen molar-refractivity contribution in [2.45, 2.75) is 58.3 Å². The lowest BCUT2D eigenvalue weighted by Crippen LogP contribution is -2.27. The lowest BCUT2D eigenvalue weighted by atomic mass is 10.2. The maximum Gasteiger partial charge on any atom is 0.220 e. The molecule has 0 unspecified atom stereocenters. The van der Waals surface area contributed by atoms with E-state index in [0.717, 1.165) is 25.9 Å². The van der Waals surface area contributed by atoms with Gasteiger partial charge in [-0.25, -0.2) is 0 Å². The van der Waals surface area contributed by atoms with Gasteiger partial charge >= 0.3 is 0 Å². The molecule has 0 aromatic carbocycles. The van der Waals surface area contributed by atoms with E-state index in [1.54, 1.807) is 0 Å². The Hall–Kier alpha value is -0.650. The van der Waals surface area contributed by atoms with E-state index in [1.165, 1.54) is 25.7 Å². The Morgan fingerprint density at radius 2 is 1.62 bits per heavy atom. The maximum atomic E-state index is 11.4. The van der Waals surface area contributed by atoms with Crippen molar-refractivity contribution >= 4 is 5.91 Å². The van der Waals surface area contributed by atoms with Gasteiger partial charge in [0.15, 0.2) is 0 Å². The van der Waals surface area contributed by atoms with Crippen molar-refractivity contribution in [2.75, 3.05) is 39.5 Å². The first-order valence-corrected chi connectivity index (χ1v) is 8.43. The monoisotopic (exact) mass is 302 g/mol. The van der Waals surface area contributed by atoms with Gasteiger partial charge in [0, 0.05) is 19.6 Å². The van der Waals surface area contributed by atoms with E-state index in [9.17, 15) is 4.79 Å². The second kappa shape index (κ2) is 17.4. The van der Waals surface area contributed by atoms with Crippen LogP contribution in [0.3, 0.4) is 0 Å². The highest BCUT2D eigenvalue weighted by Gasteiger charge is 1.99. The van der Waals surface area contributed by atoms with Crippen molar-refractivity contribution in [1.82, 2.24) is 5.32 Å². The maximum absolute atomic E-state index is 11.4. The van der Waals surface area contributed by atoms with Gasteiger partial charge in [0.1, 0.15) is 0 Å². The van der Waals surface area contributed by atoms with Gasteiger partial charge in [-0.3, -0.25) is 4.79 Å². The summed E-state index contributed by atoms with van der Waals surface area (Å²) in [4.78, 5) is 11.4. The lowest BCUT2D eigenvalue weighted by molar-refractivity contribution is -0.121.